The second-order valence-electron chi connectivity index (χ2n) is 4.41. The van der Waals surface area contributed by atoms with E-state index >= 15 is 0 Å². The Balaban J connectivity index is 2.28. The summed E-state index contributed by atoms with van der Waals surface area (Å²) in [5, 5.41) is 4.54. The van der Waals surface area contributed by atoms with Gasteiger partial charge in [0.1, 0.15) is 0 Å². The zero-order chi connectivity index (χ0) is 13.0. The molecule has 1 N–H and O–H groups in total. The molecule has 0 spiro atoms. The molecule has 1 aliphatic heterocycles. The van der Waals surface area contributed by atoms with Gasteiger partial charge >= 0.3 is 0 Å². The molecule has 2 nitrogen and oxygen atoms in total. The fraction of sp³-hybridized carbons (Fsp3) is 0.538. The summed E-state index contributed by atoms with van der Waals surface area (Å²) >= 11 is 12.5. The molecule has 0 aromatic heterocycles. The number of rotatable bonds is 4. The molecule has 0 saturated carbocycles. The number of hydrogen-bond acceptors (Lipinski definition) is 2. The molecular weight excluding hydrogens is 274 g/mol. The van der Waals surface area contributed by atoms with Crippen LogP contribution in [0.5, 0.6) is 0 Å². The second kappa shape index (κ2) is 6.71. The van der Waals surface area contributed by atoms with Gasteiger partial charge in [-0.1, -0.05) is 29.3 Å². The van der Waals surface area contributed by atoms with Gasteiger partial charge in [0.05, 0.1) is 6.67 Å². The summed E-state index contributed by atoms with van der Waals surface area (Å²) in [4.78, 5) is 2.25. The number of piperazine rings is 1. The molecule has 1 aromatic carbocycles. The third-order valence-electron chi connectivity index (χ3n) is 3.31. The van der Waals surface area contributed by atoms with Crippen molar-refractivity contribution < 1.29 is 4.39 Å². The van der Waals surface area contributed by atoms with Gasteiger partial charge in [-0.05, 0) is 18.6 Å². The van der Waals surface area contributed by atoms with E-state index in [1.165, 1.54) is 0 Å². The van der Waals surface area contributed by atoms with Crippen LogP contribution >= 0.6 is 23.2 Å². The second-order valence-corrected chi connectivity index (χ2v) is 5.23. The maximum absolute atomic E-state index is 12.8. The number of nitrogens with zero attached hydrogens (tertiary/aromatic N) is 1. The fourth-order valence-corrected chi connectivity index (χ4v) is 3.09. The van der Waals surface area contributed by atoms with Crippen molar-refractivity contribution in [1.82, 2.24) is 10.2 Å². The summed E-state index contributed by atoms with van der Waals surface area (Å²) in [6.45, 7) is 3.27. The highest BCUT2D eigenvalue weighted by molar-refractivity contribution is 6.36. The van der Waals surface area contributed by atoms with E-state index in [1.54, 1.807) is 0 Å². The average molecular weight is 291 g/mol. The molecule has 1 aliphatic rings. The summed E-state index contributed by atoms with van der Waals surface area (Å²) in [6, 6.07) is 5.42. The Morgan fingerprint density at radius 2 is 1.83 bits per heavy atom. The lowest BCUT2D eigenvalue weighted by molar-refractivity contribution is 0.157. The molecule has 5 heteroatoms. The van der Waals surface area contributed by atoms with Gasteiger partial charge in [-0.3, -0.25) is 9.29 Å². The minimum atomic E-state index is -0.365. The summed E-state index contributed by atoms with van der Waals surface area (Å²) < 4.78 is 12.8. The Kier molecular flexibility index (Phi) is 5.25. The van der Waals surface area contributed by atoms with Crippen LogP contribution in [0.25, 0.3) is 0 Å². The molecule has 0 aliphatic carbocycles. The molecule has 1 heterocycles. The van der Waals surface area contributed by atoms with Gasteiger partial charge in [-0.2, -0.15) is 0 Å². The normalized spacial score (nSPS) is 18.8. The van der Waals surface area contributed by atoms with E-state index in [1.807, 2.05) is 18.2 Å². The minimum absolute atomic E-state index is 0.0294. The minimum Gasteiger partial charge on any atom is -0.314 e. The number of alkyl halides is 1. The van der Waals surface area contributed by atoms with Crippen molar-refractivity contribution in [2.24, 2.45) is 0 Å². The molecule has 0 bridgehead atoms. The molecule has 0 radical (unpaired) electrons. The van der Waals surface area contributed by atoms with Gasteiger partial charge in [0.25, 0.3) is 0 Å². The zero-order valence-electron chi connectivity index (χ0n) is 10.1. The largest absolute Gasteiger partial charge is 0.314 e. The first-order valence-electron chi connectivity index (χ1n) is 6.18. The summed E-state index contributed by atoms with van der Waals surface area (Å²) in [5.74, 6) is 0. The molecule has 1 aromatic rings. The summed E-state index contributed by atoms with van der Waals surface area (Å²) in [5.41, 5.74) is 0.861. The number of halogens is 3. The van der Waals surface area contributed by atoms with Gasteiger partial charge < -0.3 is 5.32 Å². The van der Waals surface area contributed by atoms with Crippen LogP contribution in [0.1, 0.15) is 18.0 Å². The number of hydrogen-bond donors (Lipinski definition) is 1. The molecule has 0 unspecified atom stereocenters. The van der Waals surface area contributed by atoms with Crippen LogP contribution in [0.15, 0.2) is 18.2 Å². The van der Waals surface area contributed by atoms with Gasteiger partial charge in [0, 0.05) is 47.8 Å². The highest BCUT2D eigenvalue weighted by Crippen LogP contribution is 2.35. The summed E-state index contributed by atoms with van der Waals surface area (Å²) in [6.07, 6.45) is 0.434. The van der Waals surface area contributed by atoms with Crippen molar-refractivity contribution in [3.63, 3.8) is 0 Å². The fourth-order valence-electron chi connectivity index (χ4n) is 2.44. The van der Waals surface area contributed by atoms with Crippen LogP contribution in [0.2, 0.25) is 10.0 Å². The first-order chi connectivity index (χ1) is 8.74. The molecule has 18 heavy (non-hydrogen) atoms. The Hall–Kier alpha value is -0.350. The van der Waals surface area contributed by atoms with E-state index in [9.17, 15) is 4.39 Å². The maximum Gasteiger partial charge on any atom is 0.0912 e. The maximum atomic E-state index is 12.8. The van der Waals surface area contributed by atoms with Gasteiger partial charge in [-0.15, -0.1) is 0 Å². The van der Waals surface area contributed by atoms with Crippen molar-refractivity contribution in [2.45, 2.75) is 12.5 Å². The standard InChI is InChI=1S/C13H17Cl2FN2/c14-10-2-1-3-11(15)13(10)12(4-5-16)18-8-6-17-7-9-18/h1-3,12,17H,4-9H2/t12-/m1/s1. The third-order valence-corrected chi connectivity index (χ3v) is 3.97. The highest BCUT2D eigenvalue weighted by Gasteiger charge is 2.25. The van der Waals surface area contributed by atoms with Crippen molar-refractivity contribution >= 4 is 23.2 Å². The van der Waals surface area contributed by atoms with Gasteiger partial charge in [0.15, 0.2) is 0 Å². The zero-order valence-corrected chi connectivity index (χ0v) is 11.6. The molecule has 0 amide bonds. The predicted molar refractivity (Wildman–Crippen MR) is 74.2 cm³/mol. The van der Waals surface area contributed by atoms with Crippen molar-refractivity contribution in [2.75, 3.05) is 32.9 Å². The summed E-state index contributed by atoms with van der Waals surface area (Å²) in [7, 11) is 0. The van der Waals surface area contributed by atoms with Gasteiger partial charge in [0.2, 0.25) is 0 Å². The van der Waals surface area contributed by atoms with E-state index in [-0.39, 0.29) is 12.7 Å². The molecular formula is C13H17Cl2FN2. The van der Waals surface area contributed by atoms with Crippen molar-refractivity contribution in [1.29, 1.82) is 0 Å². The molecule has 1 saturated heterocycles. The van der Waals surface area contributed by atoms with Crippen molar-refractivity contribution in [3.8, 4) is 0 Å². The first-order valence-corrected chi connectivity index (χ1v) is 6.94. The van der Waals surface area contributed by atoms with E-state index in [4.69, 9.17) is 23.2 Å². The van der Waals surface area contributed by atoms with Gasteiger partial charge in [-0.25, -0.2) is 0 Å². The van der Waals surface area contributed by atoms with Crippen LogP contribution in [-0.2, 0) is 0 Å². The lowest BCUT2D eigenvalue weighted by atomic mass is 10.0. The van der Waals surface area contributed by atoms with Crippen LogP contribution in [-0.4, -0.2) is 37.8 Å². The van der Waals surface area contributed by atoms with Crippen LogP contribution < -0.4 is 5.32 Å². The van der Waals surface area contributed by atoms with Crippen LogP contribution in [0.3, 0.4) is 0 Å². The Morgan fingerprint density at radius 1 is 1.22 bits per heavy atom. The van der Waals surface area contributed by atoms with E-state index in [0.717, 1.165) is 31.7 Å². The molecule has 1 fully saturated rings. The monoisotopic (exact) mass is 290 g/mol. The Labute approximate surface area is 117 Å². The Morgan fingerprint density at radius 3 is 2.39 bits per heavy atom. The predicted octanol–water partition coefficient (Wildman–Crippen LogP) is 3.30. The highest BCUT2D eigenvalue weighted by atomic mass is 35.5. The molecule has 1 atom stereocenters. The average Bonchev–Trinajstić information content (AvgIpc) is 2.38. The topological polar surface area (TPSA) is 15.3 Å². The van der Waals surface area contributed by atoms with E-state index in [0.29, 0.717) is 16.5 Å². The number of nitrogens with one attached hydrogen (secondary N) is 1. The SMILES string of the molecule is FCC[C@H](c1c(Cl)cccc1Cl)N1CCNCC1. The lowest BCUT2D eigenvalue weighted by Crippen LogP contribution is -2.45. The van der Waals surface area contributed by atoms with Crippen LogP contribution in [0.4, 0.5) is 4.39 Å². The third kappa shape index (κ3) is 3.15. The smallest absolute Gasteiger partial charge is 0.0912 e. The molecule has 100 valence electrons. The Bertz CT molecular complexity index is 374. The number of benzene rings is 1. The quantitative estimate of drug-likeness (QED) is 0.915. The van der Waals surface area contributed by atoms with Crippen molar-refractivity contribution in [3.05, 3.63) is 33.8 Å². The van der Waals surface area contributed by atoms with E-state index < -0.39 is 0 Å². The lowest BCUT2D eigenvalue weighted by Gasteiger charge is -2.35. The van der Waals surface area contributed by atoms with E-state index in [2.05, 4.69) is 10.2 Å². The van der Waals surface area contributed by atoms with Crippen LogP contribution in [0, 0.1) is 0 Å². The molecule has 2 rings (SSSR count). The first kappa shape index (κ1) is 14.1.